The summed E-state index contributed by atoms with van der Waals surface area (Å²) in [6.45, 7) is 11.0. The summed E-state index contributed by atoms with van der Waals surface area (Å²) in [6.07, 6.45) is 2.03. The van der Waals surface area contributed by atoms with E-state index in [1.807, 2.05) is 13.0 Å². The Morgan fingerprint density at radius 3 is 2.57 bits per heavy atom. The molecule has 1 heterocycles. The molecule has 1 aliphatic heterocycles. The van der Waals surface area contributed by atoms with Gasteiger partial charge in [0.25, 0.3) is 5.70 Å². The lowest BCUT2D eigenvalue weighted by Gasteiger charge is -2.26. The van der Waals surface area contributed by atoms with E-state index in [0.29, 0.717) is 17.6 Å². The zero-order valence-electron chi connectivity index (χ0n) is 12.6. The third-order valence-corrected chi connectivity index (χ3v) is 3.40. The number of hydrogen-bond acceptors (Lipinski definition) is 5. The fraction of sp³-hybridized carbons (Fsp3) is 0.533. The van der Waals surface area contributed by atoms with Gasteiger partial charge in [-0.15, -0.1) is 0 Å². The monoisotopic (exact) mass is 291 g/mol. The maximum atomic E-state index is 10.9. The van der Waals surface area contributed by atoms with Crippen LogP contribution in [0.3, 0.4) is 0 Å². The SMILES string of the molecule is C=C(C)/C(=C\C(C#N)=C(/C)CCN1CCOCC1)[N+](=O)[O-]. The van der Waals surface area contributed by atoms with Gasteiger partial charge in [-0.1, -0.05) is 12.2 Å². The van der Waals surface area contributed by atoms with E-state index in [0.717, 1.165) is 38.4 Å². The van der Waals surface area contributed by atoms with Crippen molar-refractivity contribution in [1.82, 2.24) is 4.90 Å². The van der Waals surface area contributed by atoms with Crippen molar-refractivity contribution in [2.24, 2.45) is 0 Å². The Labute approximate surface area is 125 Å². The van der Waals surface area contributed by atoms with Crippen LogP contribution in [0.1, 0.15) is 20.3 Å². The van der Waals surface area contributed by atoms with Crippen molar-refractivity contribution in [3.63, 3.8) is 0 Å². The normalized spacial score (nSPS) is 17.9. The Morgan fingerprint density at radius 1 is 1.48 bits per heavy atom. The molecule has 1 saturated heterocycles. The average molecular weight is 291 g/mol. The van der Waals surface area contributed by atoms with Crippen LogP contribution in [-0.2, 0) is 4.74 Å². The number of nitrogens with zero attached hydrogens (tertiary/aromatic N) is 3. The van der Waals surface area contributed by atoms with E-state index in [2.05, 4.69) is 11.5 Å². The lowest BCUT2D eigenvalue weighted by molar-refractivity contribution is -0.420. The van der Waals surface area contributed by atoms with E-state index in [-0.39, 0.29) is 5.70 Å². The van der Waals surface area contributed by atoms with Crippen molar-refractivity contribution in [3.05, 3.63) is 45.2 Å². The van der Waals surface area contributed by atoms with Crippen LogP contribution < -0.4 is 0 Å². The minimum atomic E-state index is -0.505. The molecule has 0 aromatic rings. The maximum absolute atomic E-state index is 10.9. The number of rotatable bonds is 6. The van der Waals surface area contributed by atoms with Crippen molar-refractivity contribution in [1.29, 1.82) is 5.26 Å². The molecule has 0 N–H and O–H groups in total. The molecular formula is C15H21N3O3. The van der Waals surface area contributed by atoms with Crippen LogP contribution in [0.25, 0.3) is 0 Å². The standard InChI is InChI=1S/C15H21N3O3/c1-12(2)15(18(19)20)10-14(11-16)13(3)4-5-17-6-8-21-9-7-17/h10H,1,4-9H2,2-3H3/b14-13-,15-10+. The Bertz CT molecular complexity index is 493. The first kappa shape index (κ1) is 17.1. The zero-order valence-corrected chi connectivity index (χ0v) is 12.6. The minimum absolute atomic E-state index is 0.114. The lowest BCUT2D eigenvalue weighted by atomic mass is 10.0. The second kappa shape index (κ2) is 8.35. The smallest absolute Gasteiger partial charge is 0.273 e. The average Bonchev–Trinajstić information content (AvgIpc) is 2.46. The molecule has 0 unspecified atom stereocenters. The number of ether oxygens (including phenoxy) is 1. The first-order valence-corrected chi connectivity index (χ1v) is 6.87. The highest BCUT2D eigenvalue weighted by Crippen LogP contribution is 2.16. The van der Waals surface area contributed by atoms with Gasteiger partial charge < -0.3 is 4.74 Å². The first-order valence-electron chi connectivity index (χ1n) is 6.87. The van der Waals surface area contributed by atoms with Crippen LogP contribution in [0.5, 0.6) is 0 Å². The number of nitro groups is 1. The molecule has 0 atom stereocenters. The van der Waals surface area contributed by atoms with Crippen LogP contribution in [0.2, 0.25) is 0 Å². The van der Waals surface area contributed by atoms with E-state index >= 15 is 0 Å². The van der Waals surface area contributed by atoms with E-state index in [1.54, 1.807) is 6.92 Å². The van der Waals surface area contributed by atoms with Crippen LogP contribution in [0.4, 0.5) is 0 Å². The van der Waals surface area contributed by atoms with Crippen LogP contribution >= 0.6 is 0 Å². The van der Waals surface area contributed by atoms with Gasteiger partial charge in [-0.25, -0.2) is 0 Å². The molecule has 0 aromatic heterocycles. The predicted octanol–water partition coefficient (Wildman–Crippen LogP) is 2.29. The molecule has 0 amide bonds. The highest BCUT2D eigenvalue weighted by Gasteiger charge is 2.15. The van der Waals surface area contributed by atoms with E-state index in [4.69, 9.17) is 4.74 Å². The zero-order chi connectivity index (χ0) is 15.8. The minimum Gasteiger partial charge on any atom is -0.379 e. The first-order chi connectivity index (χ1) is 9.95. The van der Waals surface area contributed by atoms with Gasteiger partial charge in [0, 0.05) is 31.3 Å². The van der Waals surface area contributed by atoms with Crippen molar-refractivity contribution >= 4 is 0 Å². The quantitative estimate of drug-likeness (QED) is 0.324. The highest BCUT2D eigenvalue weighted by molar-refractivity contribution is 5.41. The fourth-order valence-corrected chi connectivity index (χ4v) is 2.00. The molecule has 0 radical (unpaired) electrons. The predicted molar refractivity (Wildman–Crippen MR) is 80.1 cm³/mol. The number of morpholine rings is 1. The molecule has 0 spiro atoms. The summed E-state index contributed by atoms with van der Waals surface area (Å²) in [5.41, 5.74) is 1.42. The van der Waals surface area contributed by atoms with Gasteiger partial charge in [-0.2, -0.15) is 5.26 Å². The Kier molecular flexibility index (Phi) is 6.79. The Balaban J connectivity index is 2.79. The van der Waals surface area contributed by atoms with Crippen molar-refractivity contribution < 1.29 is 9.66 Å². The lowest BCUT2D eigenvalue weighted by Crippen LogP contribution is -2.36. The molecule has 0 aliphatic carbocycles. The maximum Gasteiger partial charge on any atom is 0.273 e. The van der Waals surface area contributed by atoms with Crippen LogP contribution in [-0.4, -0.2) is 42.7 Å². The molecule has 0 aromatic carbocycles. The second-order valence-electron chi connectivity index (χ2n) is 5.08. The van der Waals surface area contributed by atoms with Gasteiger partial charge >= 0.3 is 0 Å². The molecule has 21 heavy (non-hydrogen) atoms. The molecule has 6 nitrogen and oxygen atoms in total. The highest BCUT2D eigenvalue weighted by atomic mass is 16.6. The summed E-state index contributed by atoms with van der Waals surface area (Å²) < 4.78 is 5.28. The Morgan fingerprint density at radius 2 is 2.10 bits per heavy atom. The molecule has 6 heteroatoms. The van der Waals surface area contributed by atoms with Gasteiger partial charge in [-0.05, 0) is 20.3 Å². The van der Waals surface area contributed by atoms with Gasteiger partial charge in [-0.3, -0.25) is 15.0 Å². The van der Waals surface area contributed by atoms with E-state index < -0.39 is 4.92 Å². The van der Waals surface area contributed by atoms with E-state index in [9.17, 15) is 15.4 Å². The number of hydrogen-bond donors (Lipinski definition) is 0. The van der Waals surface area contributed by atoms with Crippen LogP contribution in [0.15, 0.2) is 35.1 Å². The summed E-state index contributed by atoms with van der Waals surface area (Å²) in [5, 5.41) is 20.2. The second-order valence-corrected chi connectivity index (χ2v) is 5.08. The number of allylic oxidation sites excluding steroid dienone is 3. The molecule has 114 valence electrons. The van der Waals surface area contributed by atoms with Gasteiger partial charge in [0.05, 0.1) is 29.8 Å². The fourth-order valence-electron chi connectivity index (χ4n) is 2.00. The molecule has 1 rings (SSSR count). The van der Waals surface area contributed by atoms with Gasteiger partial charge in [0.2, 0.25) is 0 Å². The van der Waals surface area contributed by atoms with Crippen LogP contribution in [0, 0.1) is 21.4 Å². The Hall–Kier alpha value is -1.97. The summed E-state index contributed by atoms with van der Waals surface area (Å²) in [6, 6.07) is 2.04. The molecule has 1 aliphatic rings. The topological polar surface area (TPSA) is 79.4 Å². The van der Waals surface area contributed by atoms with Gasteiger partial charge in [0.1, 0.15) is 0 Å². The van der Waals surface area contributed by atoms with Gasteiger partial charge in [0.15, 0.2) is 0 Å². The summed E-state index contributed by atoms with van der Waals surface area (Å²) in [7, 11) is 0. The molecule has 1 fully saturated rings. The summed E-state index contributed by atoms with van der Waals surface area (Å²) in [4.78, 5) is 12.7. The molecule has 0 saturated carbocycles. The molecule has 0 bridgehead atoms. The van der Waals surface area contributed by atoms with Crippen molar-refractivity contribution in [3.8, 4) is 6.07 Å². The third-order valence-electron chi connectivity index (χ3n) is 3.40. The van der Waals surface area contributed by atoms with Crippen molar-refractivity contribution in [2.45, 2.75) is 20.3 Å². The summed E-state index contributed by atoms with van der Waals surface area (Å²) in [5.74, 6) is 0. The summed E-state index contributed by atoms with van der Waals surface area (Å²) >= 11 is 0. The molecular weight excluding hydrogens is 270 g/mol. The van der Waals surface area contributed by atoms with E-state index in [1.165, 1.54) is 6.08 Å². The van der Waals surface area contributed by atoms with Crippen molar-refractivity contribution in [2.75, 3.05) is 32.8 Å². The number of nitriles is 1. The third kappa shape index (κ3) is 5.50. The largest absolute Gasteiger partial charge is 0.379 e.